The van der Waals surface area contributed by atoms with E-state index >= 15 is 0 Å². The molecule has 0 radical (unpaired) electrons. The Morgan fingerprint density at radius 2 is 0.714 bits per heavy atom. The molecule has 0 aliphatic heterocycles. The zero-order valence-electron chi connectivity index (χ0n) is 39.5. The molecule has 0 bridgehead atoms. The van der Waals surface area contributed by atoms with Crippen LogP contribution < -0.4 is 0 Å². The molecule has 0 aliphatic carbocycles. The summed E-state index contributed by atoms with van der Waals surface area (Å²) in [5, 5.41) is 0. The fraction of sp³-hybridized carbons (Fsp3) is 0.491. The van der Waals surface area contributed by atoms with Crippen LogP contribution in [0.25, 0.3) is 0 Å². The fourth-order valence-electron chi connectivity index (χ4n) is 5.72. The van der Waals surface area contributed by atoms with Crippen molar-refractivity contribution in [3.05, 3.63) is 158 Å². The average Bonchev–Trinajstić information content (AvgIpc) is 3.28. The van der Waals surface area contributed by atoms with E-state index in [1.165, 1.54) is 38.5 Å². The number of carbonyl (C=O) groups excluding carboxylic acids is 3. The van der Waals surface area contributed by atoms with Gasteiger partial charge in [0, 0.05) is 19.3 Å². The molecule has 6 nitrogen and oxygen atoms in total. The molecular formula is C57H84O6. The van der Waals surface area contributed by atoms with Crippen LogP contribution in [-0.4, -0.2) is 37.2 Å². The third-order valence-corrected chi connectivity index (χ3v) is 9.30. The van der Waals surface area contributed by atoms with Crippen molar-refractivity contribution < 1.29 is 28.6 Å². The van der Waals surface area contributed by atoms with E-state index in [2.05, 4.69) is 63.3 Å². The highest BCUT2D eigenvalue weighted by Crippen LogP contribution is 2.10. The van der Waals surface area contributed by atoms with Crippen molar-refractivity contribution in [3.8, 4) is 0 Å². The van der Waals surface area contributed by atoms with Gasteiger partial charge in [-0.15, -0.1) is 0 Å². The molecular weight excluding hydrogens is 781 g/mol. The summed E-state index contributed by atoms with van der Waals surface area (Å²) in [6.45, 7) is 6.17. The van der Waals surface area contributed by atoms with Crippen LogP contribution >= 0.6 is 0 Å². The number of carbonyl (C=O) groups is 3. The van der Waals surface area contributed by atoms with Crippen molar-refractivity contribution in [2.45, 2.75) is 168 Å². The third-order valence-electron chi connectivity index (χ3n) is 9.30. The third kappa shape index (κ3) is 47.9. The summed E-state index contributed by atoms with van der Waals surface area (Å²) in [7, 11) is 0. The van der Waals surface area contributed by atoms with Gasteiger partial charge in [0.2, 0.25) is 0 Å². The summed E-state index contributed by atoms with van der Waals surface area (Å²) in [5.41, 5.74) is 0. The van der Waals surface area contributed by atoms with Crippen molar-refractivity contribution >= 4 is 17.9 Å². The van der Waals surface area contributed by atoms with Crippen LogP contribution in [-0.2, 0) is 28.6 Å². The Bertz CT molecular complexity index is 1510. The minimum absolute atomic E-state index is 0.144. The maximum absolute atomic E-state index is 12.8. The zero-order chi connectivity index (χ0) is 45.8. The molecule has 0 aromatic heterocycles. The van der Waals surface area contributed by atoms with E-state index in [0.717, 1.165) is 64.2 Å². The van der Waals surface area contributed by atoms with Gasteiger partial charge in [-0.2, -0.15) is 0 Å². The number of esters is 3. The van der Waals surface area contributed by atoms with Gasteiger partial charge in [0.25, 0.3) is 0 Å². The lowest BCUT2D eigenvalue weighted by Gasteiger charge is -2.18. The molecule has 0 aromatic carbocycles. The van der Waals surface area contributed by atoms with E-state index in [4.69, 9.17) is 14.2 Å². The van der Waals surface area contributed by atoms with Gasteiger partial charge in [0.1, 0.15) is 13.2 Å². The number of hydrogen-bond acceptors (Lipinski definition) is 6. The molecule has 0 fully saturated rings. The lowest BCUT2D eigenvalue weighted by atomic mass is 10.1. The molecule has 0 heterocycles. The second kappa shape index (κ2) is 49.7. The summed E-state index contributed by atoms with van der Waals surface area (Å²) in [6, 6.07) is 0. The van der Waals surface area contributed by atoms with Crippen molar-refractivity contribution in [2.24, 2.45) is 0 Å². The van der Waals surface area contributed by atoms with Gasteiger partial charge in [-0.3, -0.25) is 14.4 Å². The Morgan fingerprint density at radius 1 is 0.349 bits per heavy atom. The van der Waals surface area contributed by atoms with E-state index in [9.17, 15) is 14.4 Å². The quantitative estimate of drug-likeness (QED) is 0.0201. The summed E-state index contributed by atoms with van der Waals surface area (Å²) in [4.78, 5) is 37.9. The van der Waals surface area contributed by atoms with Gasteiger partial charge in [-0.1, -0.05) is 224 Å². The fourth-order valence-corrected chi connectivity index (χ4v) is 5.72. The molecule has 0 aliphatic rings. The molecule has 0 saturated heterocycles. The van der Waals surface area contributed by atoms with Crippen molar-refractivity contribution in [3.63, 3.8) is 0 Å². The Morgan fingerprint density at radius 3 is 1.19 bits per heavy atom. The maximum Gasteiger partial charge on any atom is 0.306 e. The summed E-state index contributed by atoms with van der Waals surface area (Å²) >= 11 is 0. The van der Waals surface area contributed by atoms with Gasteiger partial charge in [-0.05, 0) is 77.0 Å². The van der Waals surface area contributed by atoms with E-state index in [1.54, 1.807) is 0 Å². The highest BCUT2D eigenvalue weighted by molar-refractivity contribution is 5.71. The minimum atomic E-state index is -0.848. The van der Waals surface area contributed by atoms with Gasteiger partial charge in [0.15, 0.2) is 6.10 Å². The highest BCUT2D eigenvalue weighted by atomic mass is 16.6. The van der Waals surface area contributed by atoms with Crippen LogP contribution in [0.1, 0.15) is 162 Å². The summed E-state index contributed by atoms with van der Waals surface area (Å²) < 4.78 is 16.6. The number of allylic oxidation sites excluding steroid dienone is 26. The lowest BCUT2D eigenvalue weighted by molar-refractivity contribution is -0.166. The predicted octanol–water partition coefficient (Wildman–Crippen LogP) is 15.9. The molecule has 6 heteroatoms. The van der Waals surface area contributed by atoms with E-state index < -0.39 is 6.10 Å². The van der Waals surface area contributed by atoms with E-state index in [0.29, 0.717) is 19.3 Å². The largest absolute Gasteiger partial charge is 0.462 e. The van der Waals surface area contributed by atoms with Crippen LogP contribution in [0.15, 0.2) is 158 Å². The SMILES string of the molecule is CC\C=C/C=C\C=C/C=C\C=C/CCCCCC(=O)OC(COC(=O)CC/C=C\C/C=C\CCCCCCCC)COC(=O)CCCCC\C=C/C=C/C=C\C=C/C=C\C=C/CC. The maximum atomic E-state index is 12.8. The van der Waals surface area contributed by atoms with Gasteiger partial charge >= 0.3 is 17.9 Å². The van der Waals surface area contributed by atoms with Crippen LogP contribution in [0.3, 0.4) is 0 Å². The van der Waals surface area contributed by atoms with E-state index in [1.807, 2.05) is 115 Å². The first kappa shape index (κ1) is 58.0. The Kier molecular flexibility index (Phi) is 45.8. The first-order chi connectivity index (χ1) is 31.0. The molecule has 0 N–H and O–H groups in total. The Hall–Kier alpha value is -4.97. The molecule has 0 saturated carbocycles. The van der Waals surface area contributed by atoms with Crippen LogP contribution in [0.2, 0.25) is 0 Å². The highest BCUT2D eigenvalue weighted by Gasteiger charge is 2.19. The number of unbranched alkanes of at least 4 members (excludes halogenated alkanes) is 12. The second-order valence-electron chi connectivity index (χ2n) is 15.2. The van der Waals surface area contributed by atoms with Crippen molar-refractivity contribution in [1.82, 2.24) is 0 Å². The lowest BCUT2D eigenvalue weighted by Crippen LogP contribution is -2.30. The first-order valence-corrected chi connectivity index (χ1v) is 24.1. The Labute approximate surface area is 384 Å². The molecule has 0 amide bonds. The van der Waals surface area contributed by atoms with E-state index in [-0.39, 0.29) is 50.4 Å². The summed E-state index contributed by atoms with van der Waals surface area (Å²) in [5.74, 6) is -1.11. The van der Waals surface area contributed by atoms with Crippen LogP contribution in [0.5, 0.6) is 0 Å². The van der Waals surface area contributed by atoms with Gasteiger partial charge < -0.3 is 14.2 Å². The molecule has 1 unspecified atom stereocenters. The monoisotopic (exact) mass is 865 g/mol. The number of rotatable bonds is 40. The number of hydrogen-bond donors (Lipinski definition) is 0. The van der Waals surface area contributed by atoms with Crippen LogP contribution in [0, 0.1) is 0 Å². The first-order valence-electron chi connectivity index (χ1n) is 24.1. The van der Waals surface area contributed by atoms with Crippen molar-refractivity contribution in [1.29, 1.82) is 0 Å². The zero-order valence-corrected chi connectivity index (χ0v) is 39.5. The van der Waals surface area contributed by atoms with Gasteiger partial charge in [-0.25, -0.2) is 0 Å². The minimum Gasteiger partial charge on any atom is -0.462 e. The topological polar surface area (TPSA) is 78.9 Å². The molecule has 63 heavy (non-hydrogen) atoms. The Balaban J connectivity index is 4.67. The molecule has 0 spiro atoms. The van der Waals surface area contributed by atoms with Crippen molar-refractivity contribution in [2.75, 3.05) is 13.2 Å². The summed E-state index contributed by atoms with van der Waals surface area (Å²) in [6.07, 6.45) is 72.3. The molecule has 0 aromatic rings. The standard InChI is InChI=1S/C57H84O6/c1-4-7-10-13-16-19-22-25-27-28-30-32-35-38-41-44-47-50-56(59)62-53-54(52-61-55(58)49-46-43-40-37-34-31-24-21-18-15-12-9-6-3)63-57(60)51-48-45-42-39-36-33-29-26-23-20-17-14-11-8-5-2/h7-8,10-11,13-14,16-17,19-20,22-23,25-36,40,43,54H,4-6,9,12,15,18,21,24,37-39,41-42,44-53H2,1-3H3/b10-7-,11-8-,16-13-,17-14-,22-19-,23-20-,27-25-,29-26-,30-28+,34-31-,35-32-,36-33-,43-40-. The van der Waals surface area contributed by atoms with Crippen LogP contribution in [0.4, 0.5) is 0 Å². The molecule has 1 atom stereocenters. The molecule has 0 rings (SSSR count). The predicted molar refractivity (Wildman–Crippen MR) is 269 cm³/mol. The second-order valence-corrected chi connectivity index (χ2v) is 15.2. The normalized spacial score (nSPS) is 13.5. The smallest absolute Gasteiger partial charge is 0.306 e. The van der Waals surface area contributed by atoms with Gasteiger partial charge in [0.05, 0.1) is 0 Å². The average molecular weight is 865 g/mol. The molecule has 348 valence electrons. The number of ether oxygens (including phenoxy) is 3.